The molecule has 3 heteroatoms. The van der Waals surface area contributed by atoms with Crippen LogP contribution in [0.15, 0.2) is 40.9 Å². The average molecular weight is 318 g/mol. The molecule has 0 saturated carbocycles. The maximum absolute atomic E-state index is 12.5. The molecule has 0 bridgehead atoms. The smallest absolute Gasteiger partial charge is 0.167 e. The molecule has 0 aromatic heterocycles. The number of piperidine rings is 1. The monoisotopic (exact) mass is 317 g/mol. The van der Waals surface area contributed by atoms with E-state index in [0.29, 0.717) is 0 Å². The molecule has 1 fully saturated rings. The largest absolute Gasteiger partial charge is 0.316 e. The molecule has 3 rings (SSSR count). The normalized spacial score (nSPS) is 19.5. The first-order valence-corrected chi connectivity index (χ1v) is 7.47. The second-order valence-electron chi connectivity index (χ2n) is 5.11. The molecule has 2 aromatic rings. The van der Waals surface area contributed by atoms with Gasteiger partial charge in [0, 0.05) is 22.5 Å². The fourth-order valence-electron chi connectivity index (χ4n) is 2.68. The van der Waals surface area contributed by atoms with Crippen LogP contribution in [0.1, 0.15) is 23.2 Å². The van der Waals surface area contributed by atoms with Crippen molar-refractivity contribution in [2.45, 2.75) is 12.8 Å². The molecule has 19 heavy (non-hydrogen) atoms. The molecular weight excluding hydrogens is 302 g/mol. The summed E-state index contributed by atoms with van der Waals surface area (Å²) in [5.74, 6) is 0.415. The Hall–Kier alpha value is -1.19. The van der Waals surface area contributed by atoms with E-state index in [1.54, 1.807) is 0 Å². The number of rotatable bonds is 2. The number of benzene rings is 2. The highest BCUT2D eigenvalue weighted by molar-refractivity contribution is 9.10. The van der Waals surface area contributed by atoms with Crippen molar-refractivity contribution in [3.8, 4) is 0 Å². The second-order valence-corrected chi connectivity index (χ2v) is 6.03. The van der Waals surface area contributed by atoms with Gasteiger partial charge >= 0.3 is 0 Å². The van der Waals surface area contributed by atoms with Crippen molar-refractivity contribution in [2.75, 3.05) is 13.1 Å². The van der Waals surface area contributed by atoms with Crippen molar-refractivity contribution in [2.24, 2.45) is 5.92 Å². The fraction of sp³-hybridized carbons (Fsp3) is 0.312. The quantitative estimate of drug-likeness (QED) is 0.854. The van der Waals surface area contributed by atoms with Crippen LogP contribution in [-0.2, 0) is 0 Å². The van der Waals surface area contributed by atoms with Gasteiger partial charge in [0.1, 0.15) is 0 Å². The van der Waals surface area contributed by atoms with E-state index < -0.39 is 0 Å². The fourth-order valence-corrected chi connectivity index (χ4v) is 3.06. The van der Waals surface area contributed by atoms with Crippen LogP contribution in [0, 0.1) is 5.92 Å². The molecule has 1 aliphatic heterocycles. The molecule has 0 radical (unpaired) electrons. The van der Waals surface area contributed by atoms with Gasteiger partial charge in [0.25, 0.3) is 0 Å². The van der Waals surface area contributed by atoms with Crippen LogP contribution in [0.2, 0.25) is 0 Å². The number of halogens is 1. The minimum Gasteiger partial charge on any atom is -0.316 e. The van der Waals surface area contributed by atoms with E-state index in [0.717, 1.165) is 46.7 Å². The van der Waals surface area contributed by atoms with Crippen LogP contribution in [0.5, 0.6) is 0 Å². The first kappa shape index (κ1) is 12.8. The van der Waals surface area contributed by atoms with Crippen molar-refractivity contribution in [3.63, 3.8) is 0 Å². The lowest BCUT2D eigenvalue weighted by Gasteiger charge is -2.21. The second kappa shape index (κ2) is 5.43. The summed E-state index contributed by atoms with van der Waals surface area (Å²) in [6.07, 6.45) is 2.10. The number of ketones is 1. The van der Waals surface area contributed by atoms with Gasteiger partial charge in [-0.1, -0.05) is 34.1 Å². The molecule has 1 N–H and O–H groups in total. The van der Waals surface area contributed by atoms with Crippen LogP contribution < -0.4 is 5.32 Å². The number of carbonyl (C=O) groups is 1. The third kappa shape index (κ3) is 2.72. The Morgan fingerprint density at radius 1 is 1.16 bits per heavy atom. The predicted octanol–water partition coefficient (Wildman–Crippen LogP) is 3.78. The lowest BCUT2D eigenvalue weighted by atomic mass is 9.90. The SMILES string of the molecule is O=C(c1ccc2cc(Br)ccc2c1)C1CCCNC1. The summed E-state index contributed by atoms with van der Waals surface area (Å²) in [5, 5.41) is 5.59. The average Bonchev–Trinajstić information content (AvgIpc) is 2.47. The maximum Gasteiger partial charge on any atom is 0.167 e. The molecule has 1 unspecified atom stereocenters. The van der Waals surface area contributed by atoms with Gasteiger partial charge in [0.15, 0.2) is 5.78 Å². The molecule has 2 aromatic carbocycles. The van der Waals surface area contributed by atoms with Crippen molar-refractivity contribution < 1.29 is 4.79 Å². The summed E-state index contributed by atoms with van der Waals surface area (Å²) in [5.41, 5.74) is 0.837. The van der Waals surface area contributed by atoms with E-state index in [1.165, 1.54) is 0 Å². The minimum atomic E-state index is 0.140. The number of nitrogens with one attached hydrogen (secondary N) is 1. The summed E-state index contributed by atoms with van der Waals surface area (Å²) >= 11 is 3.47. The molecule has 0 spiro atoms. The Morgan fingerprint density at radius 3 is 2.74 bits per heavy atom. The van der Waals surface area contributed by atoms with Gasteiger partial charge < -0.3 is 5.32 Å². The van der Waals surface area contributed by atoms with Crippen LogP contribution >= 0.6 is 15.9 Å². The number of carbonyl (C=O) groups excluding carboxylic acids is 1. The van der Waals surface area contributed by atoms with Crippen molar-refractivity contribution in [3.05, 3.63) is 46.4 Å². The number of fused-ring (bicyclic) bond motifs is 1. The van der Waals surface area contributed by atoms with E-state index in [2.05, 4.69) is 33.4 Å². The third-order valence-electron chi connectivity index (χ3n) is 3.75. The van der Waals surface area contributed by atoms with Gasteiger partial charge in [-0.05, 0) is 48.4 Å². The number of hydrogen-bond donors (Lipinski definition) is 1. The molecule has 0 aliphatic carbocycles. The van der Waals surface area contributed by atoms with Crippen LogP contribution in [0.3, 0.4) is 0 Å². The molecule has 98 valence electrons. The van der Waals surface area contributed by atoms with E-state index in [-0.39, 0.29) is 11.7 Å². The lowest BCUT2D eigenvalue weighted by molar-refractivity contribution is 0.0900. The zero-order chi connectivity index (χ0) is 13.2. The van der Waals surface area contributed by atoms with Crippen LogP contribution in [-0.4, -0.2) is 18.9 Å². The molecule has 1 atom stereocenters. The highest BCUT2D eigenvalue weighted by Gasteiger charge is 2.22. The van der Waals surface area contributed by atoms with E-state index in [4.69, 9.17) is 0 Å². The maximum atomic E-state index is 12.5. The van der Waals surface area contributed by atoms with Gasteiger partial charge in [-0.25, -0.2) is 0 Å². The van der Waals surface area contributed by atoms with E-state index in [1.807, 2.05) is 24.3 Å². The molecule has 2 nitrogen and oxygen atoms in total. The van der Waals surface area contributed by atoms with Crippen molar-refractivity contribution in [1.29, 1.82) is 0 Å². The summed E-state index contributed by atoms with van der Waals surface area (Å²) in [6.45, 7) is 1.85. The molecular formula is C16H16BrNO. The van der Waals surface area contributed by atoms with Crippen molar-refractivity contribution >= 4 is 32.5 Å². The molecule has 1 heterocycles. The van der Waals surface area contributed by atoms with Gasteiger partial charge in [0.2, 0.25) is 0 Å². The summed E-state index contributed by atoms with van der Waals surface area (Å²) < 4.78 is 1.07. The van der Waals surface area contributed by atoms with E-state index >= 15 is 0 Å². The Labute approximate surface area is 121 Å². The molecule has 1 saturated heterocycles. The zero-order valence-electron chi connectivity index (χ0n) is 10.7. The highest BCUT2D eigenvalue weighted by atomic mass is 79.9. The lowest BCUT2D eigenvalue weighted by Crippen LogP contribution is -2.34. The summed E-state index contributed by atoms with van der Waals surface area (Å²) in [7, 11) is 0. The summed E-state index contributed by atoms with van der Waals surface area (Å²) in [6, 6.07) is 12.1. The Morgan fingerprint density at radius 2 is 1.95 bits per heavy atom. The topological polar surface area (TPSA) is 29.1 Å². The zero-order valence-corrected chi connectivity index (χ0v) is 12.2. The van der Waals surface area contributed by atoms with Gasteiger partial charge in [0.05, 0.1) is 0 Å². The van der Waals surface area contributed by atoms with Gasteiger partial charge in [-0.2, -0.15) is 0 Å². The minimum absolute atomic E-state index is 0.140. The summed E-state index contributed by atoms with van der Waals surface area (Å²) in [4.78, 5) is 12.5. The number of hydrogen-bond acceptors (Lipinski definition) is 2. The predicted molar refractivity (Wildman–Crippen MR) is 81.6 cm³/mol. The van der Waals surface area contributed by atoms with E-state index in [9.17, 15) is 4.79 Å². The van der Waals surface area contributed by atoms with Crippen LogP contribution in [0.25, 0.3) is 10.8 Å². The molecule has 0 amide bonds. The Bertz CT molecular complexity index is 617. The Kier molecular flexibility index (Phi) is 3.67. The highest BCUT2D eigenvalue weighted by Crippen LogP contribution is 2.23. The standard InChI is InChI=1S/C16H16BrNO/c17-15-6-5-11-8-13(4-3-12(11)9-15)16(19)14-2-1-7-18-10-14/h3-6,8-9,14,18H,1-2,7,10H2. The van der Waals surface area contributed by atoms with Crippen molar-refractivity contribution in [1.82, 2.24) is 5.32 Å². The van der Waals surface area contributed by atoms with Gasteiger partial charge in [-0.3, -0.25) is 4.79 Å². The third-order valence-corrected chi connectivity index (χ3v) is 4.25. The van der Waals surface area contributed by atoms with Gasteiger partial charge in [-0.15, -0.1) is 0 Å². The first-order chi connectivity index (χ1) is 9.24. The number of Topliss-reactive ketones (excluding diaryl/α,β-unsaturated/α-hetero) is 1. The molecule has 1 aliphatic rings. The van der Waals surface area contributed by atoms with Crippen LogP contribution in [0.4, 0.5) is 0 Å². The first-order valence-electron chi connectivity index (χ1n) is 6.68. The Balaban J connectivity index is 1.92.